The predicted molar refractivity (Wildman–Crippen MR) is 119 cm³/mol. The number of nitrogens with one attached hydrogen (secondary N) is 1. The van der Waals surface area contributed by atoms with Gasteiger partial charge in [0.05, 0.1) is 12.1 Å². The van der Waals surface area contributed by atoms with Gasteiger partial charge in [-0.1, -0.05) is 44.2 Å². The molecule has 0 fully saturated rings. The maximum absolute atomic E-state index is 13.3. The van der Waals surface area contributed by atoms with E-state index in [9.17, 15) is 9.18 Å². The summed E-state index contributed by atoms with van der Waals surface area (Å²) in [6.45, 7) is 7.51. The minimum atomic E-state index is -0.332. The maximum Gasteiger partial charge on any atom is 0.317 e. The minimum absolute atomic E-state index is 0.133. The fourth-order valence-electron chi connectivity index (χ4n) is 3.38. The SMILES string of the molecule is CCNC(=O)N(Cc1c(-c2ccccc2)nn(C)c1Oc1ccc(F)cc1)CC(C)C. The van der Waals surface area contributed by atoms with E-state index in [1.165, 1.54) is 12.1 Å². The van der Waals surface area contributed by atoms with Gasteiger partial charge in [-0.05, 0) is 37.1 Å². The maximum atomic E-state index is 13.3. The van der Waals surface area contributed by atoms with E-state index in [4.69, 9.17) is 9.84 Å². The minimum Gasteiger partial charge on any atom is -0.439 e. The first-order chi connectivity index (χ1) is 14.9. The third-order valence-electron chi connectivity index (χ3n) is 4.71. The Morgan fingerprint density at radius 3 is 2.45 bits per heavy atom. The number of aryl methyl sites for hydroxylation is 1. The number of nitrogens with zero attached hydrogens (tertiary/aromatic N) is 3. The van der Waals surface area contributed by atoms with Crippen molar-refractivity contribution in [1.29, 1.82) is 0 Å². The predicted octanol–water partition coefficient (Wildman–Crippen LogP) is 5.21. The van der Waals surface area contributed by atoms with Gasteiger partial charge in [-0.3, -0.25) is 0 Å². The van der Waals surface area contributed by atoms with E-state index < -0.39 is 0 Å². The first-order valence-corrected chi connectivity index (χ1v) is 10.5. The zero-order chi connectivity index (χ0) is 22.4. The van der Waals surface area contributed by atoms with Crippen LogP contribution in [-0.2, 0) is 13.6 Å². The number of halogens is 1. The van der Waals surface area contributed by atoms with E-state index in [2.05, 4.69) is 19.2 Å². The van der Waals surface area contributed by atoms with Crippen LogP contribution in [0.25, 0.3) is 11.3 Å². The van der Waals surface area contributed by atoms with Crippen molar-refractivity contribution < 1.29 is 13.9 Å². The first-order valence-electron chi connectivity index (χ1n) is 10.5. The van der Waals surface area contributed by atoms with Crippen LogP contribution in [0, 0.1) is 11.7 Å². The van der Waals surface area contributed by atoms with Crippen molar-refractivity contribution in [3.63, 3.8) is 0 Å². The summed E-state index contributed by atoms with van der Waals surface area (Å²) in [4.78, 5) is 14.5. The molecule has 0 bridgehead atoms. The Morgan fingerprint density at radius 2 is 1.84 bits per heavy atom. The molecule has 0 aliphatic heterocycles. The zero-order valence-electron chi connectivity index (χ0n) is 18.4. The molecule has 0 aliphatic rings. The molecular formula is C24H29FN4O2. The number of amides is 2. The van der Waals surface area contributed by atoms with E-state index in [-0.39, 0.29) is 11.8 Å². The molecule has 0 saturated heterocycles. The van der Waals surface area contributed by atoms with E-state index >= 15 is 0 Å². The molecule has 6 nitrogen and oxygen atoms in total. The molecule has 1 N–H and O–H groups in total. The average Bonchev–Trinajstić information content (AvgIpc) is 3.05. The number of carbonyl (C=O) groups is 1. The van der Waals surface area contributed by atoms with Crippen molar-refractivity contribution in [3.8, 4) is 22.9 Å². The van der Waals surface area contributed by atoms with Crippen molar-refractivity contribution in [3.05, 3.63) is 66.0 Å². The number of benzene rings is 2. The molecule has 3 aromatic rings. The summed E-state index contributed by atoms with van der Waals surface area (Å²) in [7, 11) is 1.80. The van der Waals surface area contributed by atoms with Gasteiger partial charge in [0.1, 0.15) is 17.3 Å². The molecular weight excluding hydrogens is 395 g/mol. The topological polar surface area (TPSA) is 59.4 Å². The van der Waals surface area contributed by atoms with Crippen LogP contribution in [0.2, 0.25) is 0 Å². The van der Waals surface area contributed by atoms with E-state index in [0.29, 0.717) is 37.2 Å². The number of ether oxygens (including phenoxy) is 1. The number of rotatable bonds is 8. The monoisotopic (exact) mass is 424 g/mol. The molecule has 164 valence electrons. The summed E-state index contributed by atoms with van der Waals surface area (Å²) < 4.78 is 21.1. The summed E-state index contributed by atoms with van der Waals surface area (Å²) in [6.07, 6.45) is 0. The van der Waals surface area contributed by atoms with Crippen LogP contribution in [-0.4, -0.2) is 33.8 Å². The number of hydrogen-bond acceptors (Lipinski definition) is 3. The van der Waals surface area contributed by atoms with Crippen LogP contribution in [0.15, 0.2) is 54.6 Å². The van der Waals surface area contributed by atoms with Gasteiger partial charge in [-0.15, -0.1) is 0 Å². The van der Waals surface area contributed by atoms with Crippen LogP contribution < -0.4 is 10.1 Å². The fraction of sp³-hybridized carbons (Fsp3) is 0.333. The quantitative estimate of drug-likeness (QED) is 0.540. The van der Waals surface area contributed by atoms with E-state index in [0.717, 1.165) is 16.8 Å². The van der Waals surface area contributed by atoms with Crippen LogP contribution in [0.5, 0.6) is 11.6 Å². The molecule has 0 aliphatic carbocycles. The average molecular weight is 425 g/mol. The molecule has 2 aromatic carbocycles. The van der Waals surface area contributed by atoms with Gasteiger partial charge in [0, 0.05) is 25.7 Å². The molecule has 0 atom stereocenters. The Morgan fingerprint density at radius 1 is 1.16 bits per heavy atom. The second-order valence-corrected chi connectivity index (χ2v) is 7.79. The van der Waals surface area contributed by atoms with Crippen molar-refractivity contribution in [2.45, 2.75) is 27.3 Å². The normalized spacial score (nSPS) is 10.9. The van der Waals surface area contributed by atoms with Gasteiger partial charge in [-0.25, -0.2) is 13.9 Å². The molecule has 7 heteroatoms. The second-order valence-electron chi connectivity index (χ2n) is 7.79. The number of hydrogen-bond donors (Lipinski definition) is 1. The summed E-state index contributed by atoms with van der Waals surface area (Å²) in [5, 5.41) is 7.58. The van der Waals surface area contributed by atoms with Gasteiger partial charge >= 0.3 is 6.03 Å². The molecule has 3 rings (SSSR count). The summed E-state index contributed by atoms with van der Waals surface area (Å²) in [5.74, 6) is 0.977. The molecule has 2 amide bonds. The molecule has 0 saturated carbocycles. The smallest absolute Gasteiger partial charge is 0.317 e. The Balaban J connectivity index is 2.05. The third kappa shape index (κ3) is 5.63. The highest BCUT2D eigenvalue weighted by Gasteiger charge is 2.24. The number of aromatic nitrogens is 2. The second kappa shape index (κ2) is 10.1. The van der Waals surface area contributed by atoms with Gasteiger partial charge < -0.3 is 15.0 Å². The standard InChI is InChI=1S/C24H29FN4O2/c1-5-26-24(30)29(15-17(2)3)16-21-22(18-9-7-6-8-10-18)27-28(4)23(21)31-20-13-11-19(25)12-14-20/h6-14,17H,5,15-16H2,1-4H3,(H,26,30). The number of carbonyl (C=O) groups excluding carboxylic acids is 1. The Hall–Kier alpha value is -3.35. The Kier molecular flexibility index (Phi) is 7.28. The lowest BCUT2D eigenvalue weighted by Gasteiger charge is -2.25. The first kappa shape index (κ1) is 22.3. The lowest BCUT2D eigenvalue weighted by Crippen LogP contribution is -2.41. The van der Waals surface area contributed by atoms with Crippen LogP contribution in [0.4, 0.5) is 9.18 Å². The summed E-state index contributed by atoms with van der Waals surface area (Å²) in [6, 6.07) is 15.5. The fourth-order valence-corrected chi connectivity index (χ4v) is 3.38. The lowest BCUT2D eigenvalue weighted by atomic mass is 10.1. The Labute approximate surface area is 182 Å². The van der Waals surface area contributed by atoms with E-state index in [1.807, 2.05) is 37.3 Å². The zero-order valence-corrected chi connectivity index (χ0v) is 18.4. The summed E-state index contributed by atoms with van der Waals surface area (Å²) >= 11 is 0. The van der Waals surface area contributed by atoms with Crippen molar-refractivity contribution in [2.24, 2.45) is 13.0 Å². The lowest BCUT2D eigenvalue weighted by molar-refractivity contribution is 0.188. The van der Waals surface area contributed by atoms with E-state index in [1.54, 1.807) is 28.8 Å². The third-order valence-corrected chi connectivity index (χ3v) is 4.71. The highest BCUT2D eigenvalue weighted by atomic mass is 19.1. The van der Waals surface area contributed by atoms with Crippen molar-refractivity contribution in [2.75, 3.05) is 13.1 Å². The highest BCUT2D eigenvalue weighted by Crippen LogP contribution is 2.34. The summed E-state index contributed by atoms with van der Waals surface area (Å²) in [5.41, 5.74) is 2.48. The van der Waals surface area contributed by atoms with Gasteiger partial charge in [0.25, 0.3) is 0 Å². The van der Waals surface area contributed by atoms with Crippen LogP contribution >= 0.6 is 0 Å². The molecule has 1 heterocycles. The molecule has 0 radical (unpaired) electrons. The number of urea groups is 1. The highest BCUT2D eigenvalue weighted by molar-refractivity contribution is 5.75. The van der Waals surface area contributed by atoms with Crippen molar-refractivity contribution >= 4 is 6.03 Å². The van der Waals surface area contributed by atoms with Crippen LogP contribution in [0.3, 0.4) is 0 Å². The van der Waals surface area contributed by atoms with Gasteiger partial charge in [0.2, 0.25) is 5.88 Å². The van der Waals surface area contributed by atoms with Crippen molar-refractivity contribution in [1.82, 2.24) is 20.0 Å². The Bertz CT molecular complexity index is 1000. The molecule has 0 spiro atoms. The molecule has 31 heavy (non-hydrogen) atoms. The van der Waals surface area contributed by atoms with Gasteiger partial charge in [-0.2, -0.15) is 5.10 Å². The van der Waals surface area contributed by atoms with Crippen LogP contribution in [0.1, 0.15) is 26.3 Å². The molecule has 0 unspecified atom stereocenters. The largest absolute Gasteiger partial charge is 0.439 e. The molecule has 1 aromatic heterocycles. The van der Waals surface area contributed by atoms with Gasteiger partial charge in [0.15, 0.2) is 0 Å².